The Balaban J connectivity index is 1.46. The van der Waals surface area contributed by atoms with Gasteiger partial charge in [0.15, 0.2) is 5.82 Å². The number of ether oxygens (including phenoxy) is 1. The maximum atomic E-state index is 12.9. The number of carbonyl (C=O) groups is 1. The van der Waals surface area contributed by atoms with Crippen LogP contribution in [0.15, 0.2) is 42.7 Å². The summed E-state index contributed by atoms with van der Waals surface area (Å²) >= 11 is 0. The van der Waals surface area contributed by atoms with Crippen molar-refractivity contribution in [3.8, 4) is 11.4 Å². The van der Waals surface area contributed by atoms with Gasteiger partial charge < -0.3 is 9.64 Å². The van der Waals surface area contributed by atoms with E-state index in [1.807, 2.05) is 35.2 Å². The van der Waals surface area contributed by atoms with Gasteiger partial charge in [-0.3, -0.25) is 9.69 Å². The first-order valence-corrected chi connectivity index (χ1v) is 9.24. The summed E-state index contributed by atoms with van der Waals surface area (Å²) in [7, 11) is 0. The lowest BCUT2D eigenvalue weighted by molar-refractivity contribution is 0.0104. The highest BCUT2D eigenvalue weighted by atomic mass is 16.5. The molecule has 0 radical (unpaired) electrons. The number of likely N-dealkylation sites (tertiary alicyclic amines) is 1. The molecule has 0 aliphatic carbocycles. The van der Waals surface area contributed by atoms with Gasteiger partial charge in [-0.05, 0) is 13.3 Å². The standard InChI is InChI=1S/C20H24N4O2/c1-15-18(23-9-11-26-12-10-23)7-8-24(15)20(25)17-13-21-19(22-14-17)16-5-3-2-4-6-16/h2-6,13-15,18H,7-12H2,1H3/t15-,18-/m1/s1. The minimum atomic E-state index is 0.0212. The molecule has 2 aliphatic heterocycles. The van der Waals surface area contributed by atoms with Crippen molar-refractivity contribution >= 4 is 5.91 Å². The second-order valence-electron chi connectivity index (χ2n) is 6.90. The van der Waals surface area contributed by atoms with Crippen LogP contribution in [0.25, 0.3) is 11.4 Å². The Morgan fingerprint density at radius 3 is 2.46 bits per heavy atom. The highest BCUT2D eigenvalue weighted by Crippen LogP contribution is 2.25. The minimum Gasteiger partial charge on any atom is -0.379 e. The number of carbonyl (C=O) groups excluding carboxylic acids is 1. The normalized spacial score (nSPS) is 24.0. The molecule has 1 aromatic heterocycles. The van der Waals surface area contributed by atoms with Gasteiger partial charge in [-0.2, -0.15) is 0 Å². The Labute approximate surface area is 153 Å². The zero-order chi connectivity index (χ0) is 17.9. The number of nitrogens with zero attached hydrogens (tertiary/aromatic N) is 4. The molecule has 136 valence electrons. The van der Waals surface area contributed by atoms with E-state index >= 15 is 0 Å². The van der Waals surface area contributed by atoms with Gasteiger partial charge in [0.1, 0.15) is 0 Å². The van der Waals surface area contributed by atoms with Crippen molar-refractivity contribution in [2.45, 2.75) is 25.4 Å². The van der Waals surface area contributed by atoms with Crippen molar-refractivity contribution in [2.24, 2.45) is 0 Å². The molecule has 2 saturated heterocycles. The Bertz CT molecular complexity index is 744. The Morgan fingerprint density at radius 2 is 1.77 bits per heavy atom. The number of amides is 1. The molecule has 4 rings (SSSR count). The predicted molar refractivity (Wildman–Crippen MR) is 98.8 cm³/mol. The Morgan fingerprint density at radius 1 is 1.08 bits per heavy atom. The summed E-state index contributed by atoms with van der Waals surface area (Å²) < 4.78 is 5.45. The molecule has 2 aliphatic rings. The second-order valence-corrected chi connectivity index (χ2v) is 6.90. The highest BCUT2D eigenvalue weighted by molar-refractivity contribution is 5.94. The molecule has 1 amide bonds. The summed E-state index contributed by atoms with van der Waals surface area (Å²) in [5.41, 5.74) is 1.51. The lowest BCUT2D eigenvalue weighted by Gasteiger charge is -2.35. The van der Waals surface area contributed by atoms with Gasteiger partial charge in [-0.25, -0.2) is 9.97 Å². The number of morpholine rings is 1. The fourth-order valence-corrected chi connectivity index (χ4v) is 3.95. The van der Waals surface area contributed by atoms with Gasteiger partial charge in [0, 0.05) is 49.7 Å². The van der Waals surface area contributed by atoms with Gasteiger partial charge in [-0.15, -0.1) is 0 Å². The first kappa shape index (κ1) is 17.1. The molecule has 2 fully saturated rings. The van der Waals surface area contributed by atoms with Crippen LogP contribution in [-0.4, -0.2) is 70.6 Å². The van der Waals surface area contributed by atoms with E-state index in [-0.39, 0.29) is 11.9 Å². The summed E-state index contributed by atoms with van der Waals surface area (Å²) in [6.45, 7) is 6.39. The summed E-state index contributed by atoms with van der Waals surface area (Å²) in [6, 6.07) is 10.4. The number of rotatable bonds is 3. The van der Waals surface area contributed by atoms with Gasteiger partial charge >= 0.3 is 0 Å². The number of aromatic nitrogens is 2. The van der Waals surface area contributed by atoms with E-state index in [2.05, 4.69) is 21.8 Å². The van der Waals surface area contributed by atoms with E-state index in [1.54, 1.807) is 12.4 Å². The molecule has 0 bridgehead atoms. The van der Waals surface area contributed by atoms with Crippen LogP contribution < -0.4 is 0 Å². The number of hydrogen-bond donors (Lipinski definition) is 0. The van der Waals surface area contributed by atoms with E-state index < -0.39 is 0 Å². The maximum absolute atomic E-state index is 12.9. The maximum Gasteiger partial charge on any atom is 0.257 e. The molecular formula is C20H24N4O2. The van der Waals surface area contributed by atoms with Crippen LogP contribution in [0.5, 0.6) is 0 Å². The predicted octanol–water partition coefficient (Wildman–Crippen LogP) is 2.08. The van der Waals surface area contributed by atoms with Gasteiger partial charge in [0.2, 0.25) is 0 Å². The van der Waals surface area contributed by atoms with E-state index in [4.69, 9.17) is 4.74 Å². The Kier molecular flexibility index (Phi) is 4.95. The van der Waals surface area contributed by atoms with Crippen molar-refractivity contribution in [2.75, 3.05) is 32.8 Å². The minimum absolute atomic E-state index is 0.0212. The van der Waals surface area contributed by atoms with Crippen LogP contribution in [-0.2, 0) is 4.74 Å². The monoisotopic (exact) mass is 352 g/mol. The number of hydrogen-bond acceptors (Lipinski definition) is 5. The molecular weight excluding hydrogens is 328 g/mol. The fourth-order valence-electron chi connectivity index (χ4n) is 3.95. The van der Waals surface area contributed by atoms with Crippen LogP contribution in [0.3, 0.4) is 0 Å². The average molecular weight is 352 g/mol. The van der Waals surface area contributed by atoms with E-state index in [1.165, 1.54) is 0 Å². The molecule has 0 N–H and O–H groups in total. The first-order valence-electron chi connectivity index (χ1n) is 9.24. The third-order valence-electron chi connectivity index (χ3n) is 5.42. The molecule has 0 unspecified atom stereocenters. The summed E-state index contributed by atoms with van der Waals surface area (Å²) in [5, 5.41) is 0. The average Bonchev–Trinajstić information content (AvgIpc) is 3.10. The zero-order valence-electron chi connectivity index (χ0n) is 15.0. The summed E-state index contributed by atoms with van der Waals surface area (Å²) in [5.74, 6) is 0.663. The van der Waals surface area contributed by atoms with Gasteiger partial charge in [0.25, 0.3) is 5.91 Å². The number of benzene rings is 1. The molecule has 2 aromatic rings. The van der Waals surface area contributed by atoms with Gasteiger partial charge in [0.05, 0.1) is 18.8 Å². The van der Waals surface area contributed by atoms with Crippen molar-refractivity contribution in [1.29, 1.82) is 0 Å². The lowest BCUT2D eigenvalue weighted by Crippen LogP contribution is -2.49. The van der Waals surface area contributed by atoms with Crippen molar-refractivity contribution in [3.63, 3.8) is 0 Å². The zero-order valence-corrected chi connectivity index (χ0v) is 15.0. The smallest absolute Gasteiger partial charge is 0.257 e. The van der Waals surface area contributed by atoms with Crippen LogP contribution in [0.2, 0.25) is 0 Å². The van der Waals surface area contributed by atoms with E-state index in [9.17, 15) is 4.79 Å². The fraction of sp³-hybridized carbons (Fsp3) is 0.450. The topological polar surface area (TPSA) is 58.6 Å². The highest BCUT2D eigenvalue weighted by Gasteiger charge is 2.38. The lowest BCUT2D eigenvalue weighted by atomic mass is 10.1. The third-order valence-corrected chi connectivity index (χ3v) is 5.42. The third kappa shape index (κ3) is 3.34. The van der Waals surface area contributed by atoms with Crippen LogP contribution >= 0.6 is 0 Å². The molecule has 2 atom stereocenters. The van der Waals surface area contributed by atoms with Gasteiger partial charge in [-0.1, -0.05) is 30.3 Å². The first-order chi connectivity index (χ1) is 12.7. The van der Waals surface area contributed by atoms with E-state index in [0.29, 0.717) is 17.4 Å². The molecule has 6 heteroatoms. The Hall–Kier alpha value is -2.31. The molecule has 0 spiro atoms. The van der Waals surface area contributed by atoms with E-state index in [0.717, 1.165) is 44.8 Å². The van der Waals surface area contributed by atoms with Crippen LogP contribution in [0.1, 0.15) is 23.7 Å². The summed E-state index contributed by atoms with van der Waals surface area (Å²) in [6.07, 6.45) is 4.30. The summed E-state index contributed by atoms with van der Waals surface area (Å²) in [4.78, 5) is 26.1. The van der Waals surface area contributed by atoms with Crippen LogP contribution in [0.4, 0.5) is 0 Å². The SMILES string of the molecule is C[C@@H]1[C@H](N2CCOCC2)CCN1C(=O)c1cnc(-c2ccccc2)nc1. The van der Waals surface area contributed by atoms with Crippen molar-refractivity contribution in [1.82, 2.24) is 19.8 Å². The van der Waals surface area contributed by atoms with Crippen molar-refractivity contribution in [3.05, 3.63) is 48.3 Å². The molecule has 6 nitrogen and oxygen atoms in total. The molecule has 0 saturated carbocycles. The molecule has 1 aromatic carbocycles. The molecule has 3 heterocycles. The van der Waals surface area contributed by atoms with Crippen LogP contribution in [0, 0.1) is 0 Å². The largest absolute Gasteiger partial charge is 0.379 e. The second kappa shape index (κ2) is 7.51. The quantitative estimate of drug-likeness (QED) is 0.846. The molecule has 26 heavy (non-hydrogen) atoms. The van der Waals surface area contributed by atoms with Crippen molar-refractivity contribution < 1.29 is 9.53 Å².